The molecule has 0 fully saturated rings. The molecule has 2 aromatic rings. The van der Waals surface area contributed by atoms with Gasteiger partial charge >= 0.3 is 5.97 Å². The van der Waals surface area contributed by atoms with Crippen LogP contribution in [0.15, 0.2) is 21.9 Å². The van der Waals surface area contributed by atoms with E-state index in [0.29, 0.717) is 12.3 Å². The summed E-state index contributed by atoms with van der Waals surface area (Å²) in [6.45, 7) is -0.355. The van der Waals surface area contributed by atoms with E-state index in [4.69, 9.17) is 14.3 Å². The van der Waals surface area contributed by atoms with E-state index in [1.165, 1.54) is 0 Å². The van der Waals surface area contributed by atoms with Crippen LogP contribution in [0.4, 0.5) is 0 Å². The zero-order valence-electron chi connectivity index (χ0n) is 8.83. The third kappa shape index (κ3) is 3.65. The molecule has 0 amide bonds. The van der Waals surface area contributed by atoms with Gasteiger partial charge in [-0.15, -0.1) is 21.5 Å². The molecule has 0 aliphatic carbocycles. The Balaban J connectivity index is 1.85. The maximum absolute atomic E-state index is 10.2. The number of hydrogen-bond donors (Lipinski definition) is 1. The van der Waals surface area contributed by atoms with Crippen molar-refractivity contribution in [2.24, 2.45) is 0 Å². The van der Waals surface area contributed by atoms with Crippen molar-refractivity contribution in [2.75, 3.05) is 6.61 Å². The topological polar surface area (TPSA) is 85.5 Å². The first-order valence-corrected chi connectivity index (χ1v) is 5.75. The second kappa shape index (κ2) is 5.55. The van der Waals surface area contributed by atoms with E-state index in [9.17, 15) is 4.79 Å². The molecule has 0 radical (unpaired) electrons. The number of carboxylic acid groups (broad SMARTS) is 1. The average Bonchev–Trinajstić information content (AvgIpc) is 2.90. The van der Waals surface area contributed by atoms with E-state index in [1.807, 2.05) is 17.5 Å². The summed E-state index contributed by atoms with van der Waals surface area (Å²) >= 11 is 1.61. The van der Waals surface area contributed by atoms with Crippen LogP contribution >= 0.6 is 11.3 Å². The summed E-state index contributed by atoms with van der Waals surface area (Å²) in [5.74, 6) is -0.234. The van der Waals surface area contributed by atoms with Crippen molar-refractivity contribution >= 4 is 17.3 Å². The monoisotopic (exact) mass is 254 g/mol. The number of thiophene rings is 1. The fraction of sp³-hybridized carbons (Fsp3) is 0.300. The van der Waals surface area contributed by atoms with Crippen LogP contribution in [0.1, 0.15) is 16.7 Å². The number of aliphatic carboxylic acids is 1. The molecule has 0 aliphatic heterocycles. The van der Waals surface area contributed by atoms with Gasteiger partial charge in [-0.05, 0) is 11.4 Å². The molecule has 2 aromatic heterocycles. The molecule has 0 aliphatic rings. The molecular weight excluding hydrogens is 244 g/mol. The second-order valence-electron chi connectivity index (χ2n) is 3.23. The first-order valence-electron chi connectivity index (χ1n) is 4.87. The average molecular weight is 254 g/mol. The van der Waals surface area contributed by atoms with Crippen LogP contribution in [0.2, 0.25) is 0 Å². The third-order valence-corrected chi connectivity index (χ3v) is 2.74. The number of aromatic nitrogens is 2. The van der Waals surface area contributed by atoms with Crippen molar-refractivity contribution in [3.8, 4) is 0 Å². The first-order chi connectivity index (χ1) is 8.24. The van der Waals surface area contributed by atoms with Gasteiger partial charge in [-0.25, -0.2) is 4.79 Å². The van der Waals surface area contributed by atoms with E-state index >= 15 is 0 Å². The van der Waals surface area contributed by atoms with Crippen molar-refractivity contribution < 1.29 is 19.1 Å². The highest BCUT2D eigenvalue weighted by Gasteiger charge is 2.08. The lowest BCUT2D eigenvalue weighted by atomic mass is 10.3. The molecule has 17 heavy (non-hydrogen) atoms. The molecule has 6 nitrogen and oxygen atoms in total. The summed E-state index contributed by atoms with van der Waals surface area (Å²) in [7, 11) is 0. The summed E-state index contributed by atoms with van der Waals surface area (Å²) < 4.78 is 10.1. The number of carbonyl (C=O) groups is 1. The maximum atomic E-state index is 10.2. The largest absolute Gasteiger partial charge is 0.480 e. The molecule has 0 spiro atoms. The lowest BCUT2D eigenvalue weighted by Gasteiger charge is -1.95. The molecule has 0 bridgehead atoms. The third-order valence-electron chi connectivity index (χ3n) is 1.87. The van der Waals surface area contributed by atoms with Gasteiger partial charge < -0.3 is 14.3 Å². The van der Waals surface area contributed by atoms with Gasteiger partial charge in [0.2, 0.25) is 11.8 Å². The Morgan fingerprint density at radius 1 is 1.47 bits per heavy atom. The molecule has 90 valence electrons. The Morgan fingerprint density at radius 2 is 2.29 bits per heavy atom. The minimum absolute atomic E-state index is 0.0176. The zero-order valence-corrected chi connectivity index (χ0v) is 9.64. The number of rotatable bonds is 6. The van der Waals surface area contributed by atoms with Gasteiger partial charge in [0.25, 0.3) is 0 Å². The molecular formula is C10H10N2O4S. The van der Waals surface area contributed by atoms with Crippen molar-refractivity contribution in [1.29, 1.82) is 0 Å². The van der Waals surface area contributed by atoms with Crippen LogP contribution in [0.3, 0.4) is 0 Å². The quantitative estimate of drug-likeness (QED) is 0.836. The Morgan fingerprint density at radius 3 is 3.00 bits per heavy atom. The number of nitrogens with zero attached hydrogens (tertiary/aromatic N) is 2. The van der Waals surface area contributed by atoms with Crippen molar-refractivity contribution in [3.05, 3.63) is 34.2 Å². The van der Waals surface area contributed by atoms with Gasteiger partial charge in [0.05, 0.1) is 6.42 Å². The van der Waals surface area contributed by atoms with Crippen LogP contribution in [-0.2, 0) is 22.6 Å². The molecule has 0 aromatic carbocycles. The van der Waals surface area contributed by atoms with Gasteiger partial charge in [0.1, 0.15) is 13.2 Å². The van der Waals surface area contributed by atoms with Gasteiger partial charge in [-0.2, -0.15) is 0 Å². The van der Waals surface area contributed by atoms with Crippen molar-refractivity contribution in [1.82, 2.24) is 10.2 Å². The zero-order chi connectivity index (χ0) is 12.1. The summed E-state index contributed by atoms with van der Waals surface area (Å²) in [4.78, 5) is 11.3. The maximum Gasteiger partial charge on any atom is 0.329 e. The predicted octanol–water partition coefficient (Wildman–Crippen LogP) is 1.32. The SMILES string of the molecule is O=C(O)COCc1nnc(Cc2cccs2)o1. The fourth-order valence-electron chi connectivity index (χ4n) is 1.21. The van der Waals surface area contributed by atoms with E-state index in [2.05, 4.69) is 10.2 Å². The van der Waals surface area contributed by atoms with Crippen LogP contribution in [0, 0.1) is 0 Å². The summed E-state index contributed by atoms with van der Waals surface area (Å²) in [5, 5.41) is 18.0. The van der Waals surface area contributed by atoms with E-state index in [-0.39, 0.29) is 19.1 Å². The normalized spacial score (nSPS) is 10.6. The van der Waals surface area contributed by atoms with Gasteiger partial charge in [-0.3, -0.25) is 0 Å². The predicted molar refractivity (Wildman–Crippen MR) is 58.7 cm³/mol. The Labute approximate surface area is 101 Å². The summed E-state index contributed by atoms with van der Waals surface area (Å²) in [5.41, 5.74) is 0. The van der Waals surface area contributed by atoms with Crippen molar-refractivity contribution in [2.45, 2.75) is 13.0 Å². The van der Waals surface area contributed by atoms with Crippen LogP contribution in [-0.4, -0.2) is 27.9 Å². The van der Waals surface area contributed by atoms with Gasteiger partial charge in [0, 0.05) is 4.88 Å². The number of ether oxygens (including phenoxy) is 1. The van der Waals surface area contributed by atoms with Gasteiger partial charge in [-0.1, -0.05) is 6.07 Å². The fourth-order valence-corrected chi connectivity index (χ4v) is 1.90. The lowest BCUT2D eigenvalue weighted by molar-refractivity contribution is -0.142. The molecule has 0 saturated carbocycles. The Kier molecular flexibility index (Phi) is 3.84. The molecule has 0 saturated heterocycles. The van der Waals surface area contributed by atoms with Crippen molar-refractivity contribution in [3.63, 3.8) is 0 Å². The summed E-state index contributed by atoms with van der Waals surface area (Å²) in [6.07, 6.45) is 0.587. The highest BCUT2D eigenvalue weighted by Crippen LogP contribution is 2.14. The molecule has 0 unspecified atom stereocenters. The minimum atomic E-state index is -1.02. The van der Waals surface area contributed by atoms with E-state index < -0.39 is 5.97 Å². The first kappa shape index (κ1) is 11.7. The molecule has 7 heteroatoms. The standard InChI is InChI=1S/C10H10N2O4S/c13-10(14)6-15-5-9-12-11-8(16-9)4-7-2-1-3-17-7/h1-3H,4-6H2,(H,13,14). The Bertz CT molecular complexity index is 480. The van der Waals surface area contributed by atoms with Gasteiger partial charge in [0.15, 0.2) is 0 Å². The highest BCUT2D eigenvalue weighted by molar-refractivity contribution is 7.09. The van der Waals surface area contributed by atoms with Crippen LogP contribution in [0.25, 0.3) is 0 Å². The highest BCUT2D eigenvalue weighted by atomic mass is 32.1. The molecule has 2 heterocycles. The smallest absolute Gasteiger partial charge is 0.329 e. The van der Waals surface area contributed by atoms with Crippen LogP contribution < -0.4 is 0 Å². The summed E-state index contributed by atoms with van der Waals surface area (Å²) in [6, 6.07) is 3.93. The van der Waals surface area contributed by atoms with Crippen LogP contribution in [0.5, 0.6) is 0 Å². The number of hydrogen-bond acceptors (Lipinski definition) is 6. The number of carboxylic acids is 1. The van der Waals surface area contributed by atoms with E-state index in [0.717, 1.165) is 4.88 Å². The lowest BCUT2D eigenvalue weighted by Crippen LogP contribution is -2.06. The molecule has 2 rings (SSSR count). The molecule has 1 N–H and O–H groups in total. The molecule has 0 atom stereocenters. The second-order valence-corrected chi connectivity index (χ2v) is 4.26. The van der Waals surface area contributed by atoms with E-state index in [1.54, 1.807) is 11.3 Å². The Hall–Kier alpha value is -1.73. The minimum Gasteiger partial charge on any atom is -0.480 e.